The minimum absolute atomic E-state index is 0.628. The molecule has 1 unspecified atom stereocenters. The SMILES string of the molecule is COc1cc(Cl)c(CCC(C)CCNCC(C)C)cc1Cl. The number of ether oxygens (including phenoxy) is 1. The van der Waals surface area contributed by atoms with Crippen LogP contribution in [0, 0.1) is 11.8 Å². The Morgan fingerprint density at radius 1 is 1.10 bits per heavy atom. The molecule has 1 atom stereocenters. The summed E-state index contributed by atoms with van der Waals surface area (Å²) in [4.78, 5) is 0. The summed E-state index contributed by atoms with van der Waals surface area (Å²) in [7, 11) is 1.60. The lowest BCUT2D eigenvalue weighted by Crippen LogP contribution is -2.22. The molecule has 0 aliphatic rings. The smallest absolute Gasteiger partial charge is 0.138 e. The second-order valence-corrected chi connectivity index (χ2v) is 6.92. The number of benzene rings is 1. The Bertz CT molecular complexity index is 435. The number of halogens is 2. The fourth-order valence-corrected chi connectivity index (χ4v) is 2.71. The molecule has 0 aliphatic carbocycles. The molecule has 120 valence electrons. The van der Waals surface area contributed by atoms with Crippen molar-refractivity contribution in [2.24, 2.45) is 11.8 Å². The van der Waals surface area contributed by atoms with Crippen LogP contribution in [0.25, 0.3) is 0 Å². The molecular formula is C17H27Cl2NO. The maximum absolute atomic E-state index is 6.27. The molecule has 4 heteroatoms. The van der Waals surface area contributed by atoms with Gasteiger partial charge < -0.3 is 10.1 Å². The highest BCUT2D eigenvalue weighted by molar-refractivity contribution is 6.34. The molecule has 1 aromatic carbocycles. The van der Waals surface area contributed by atoms with Crippen molar-refractivity contribution in [2.45, 2.75) is 40.0 Å². The monoisotopic (exact) mass is 331 g/mol. The first-order valence-corrected chi connectivity index (χ1v) is 8.42. The van der Waals surface area contributed by atoms with Gasteiger partial charge >= 0.3 is 0 Å². The van der Waals surface area contributed by atoms with Gasteiger partial charge in [-0.2, -0.15) is 0 Å². The fourth-order valence-electron chi connectivity index (χ4n) is 2.20. The normalized spacial score (nSPS) is 12.7. The van der Waals surface area contributed by atoms with Crippen LogP contribution in [0.2, 0.25) is 10.0 Å². The minimum atomic E-state index is 0.628. The number of hydrogen-bond acceptors (Lipinski definition) is 2. The Labute approximate surface area is 139 Å². The van der Waals surface area contributed by atoms with Crippen LogP contribution >= 0.6 is 23.2 Å². The molecule has 0 aliphatic heterocycles. The van der Waals surface area contributed by atoms with Crippen molar-refractivity contribution in [3.8, 4) is 5.75 Å². The van der Waals surface area contributed by atoms with Gasteiger partial charge in [-0.3, -0.25) is 0 Å². The zero-order chi connectivity index (χ0) is 15.8. The lowest BCUT2D eigenvalue weighted by Gasteiger charge is -2.14. The summed E-state index contributed by atoms with van der Waals surface area (Å²) in [5.74, 6) is 2.01. The van der Waals surface area contributed by atoms with Crippen molar-refractivity contribution in [3.05, 3.63) is 27.7 Å². The molecule has 1 rings (SSSR count). The maximum Gasteiger partial charge on any atom is 0.138 e. The quantitative estimate of drug-likeness (QED) is 0.627. The third-order valence-corrected chi connectivity index (χ3v) is 4.24. The predicted molar refractivity (Wildman–Crippen MR) is 92.8 cm³/mol. The Kier molecular flexibility index (Phi) is 8.46. The Balaban J connectivity index is 2.39. The predicted octanol–water partition coefficient (Wildman–Crippen LogP) is 5.21. The maximum atomic E-state index is 6.27. The van der Waals surface area contributed by atoms with Gasteiger partial charge in [-0.1, -0.05) is 44.0 Å². The topological polar surface area (TPSA) is 21.3 Å². The van der Waals surface area contributed by atoms with Gasteiger partial charge in [0.25, 0.3) is 0 Å². The molecule has 0 spiro atoms. The Hall–Kier alpha value is -0.440. The first kappa shape index (κ1) is 18.6. The summed E-state index contributed by atoms with van der Waals surface area (Å²) >= 11 is 12.4. The average molecular weight is 332 g/mol. The minimum Gasteiger partial charge on any atom is -0.495 e. The van der Waals surface area contributed by atoms with Crippen LogP contribution in [0.1, 0.15) is 39.2 Å². The van der Waals surface area contributed by atoms with Crippen molar-refractivity contribution < 1.29 is 4.74 Å². The summed E-state index contributed by atoms with van der Waals surface area (Å²) in [6.07, 6.45) is 3.26. The van der Waals surface area contributed by atoms with E-state index < -0.39 is 0 Å². The van der Waals surface area contributed by atoms with Crippen molar-refractivity contribution in [2.75, 3.05) is 20.2 Å². The van der Waals surface area contributed by atoms with Crippen molar-refractivity contribution >= 4 is 23.2 Å². The fraction of sp³-hybridized carbons (Fsp3) is 0.647. The highest BCUT2D eigenvalue weighted by Gasteiger charge is 2.10. The first-order valence-electron chi connectivity index (χ1n) is 7.66. The summed E-state index contributed by atoms with van der Waals surface area (Å²) in [6.45, 7) is 8.91. The van der Waals surface area contributed by atoms with Crippen LogP contribution in [0.3, 0.4) is 0 Å². The van der Waals surface area contributed by atoms with Gasteiger partial charge in [0, 0.05) is 11.1 Å². The van der Waals surface area contributed by atoms with Crippen LogP contribution in [-0.2, 0) is 6.42 Å². The van der Waals surface area contributed by atoms with Gasteiger partial charge in [0.05, 0.1) is 12.1 Å². The molecule has 0 amide bonds. The van der Waals surface area contributed by atoms with E-state index in [1.807, 2.05) is 6.07 Å². The van der Waals surface area contributed by atoms with E-state index >= 15 is 0 Å². The van der Waals surface area contributed by atoms with Gasteiger partial charge in [-0.15, -0.1) is 0 Å². The zero-order valence-corrected chi connectivity index (χ0v) is 15.0. The number of rotatable bonds is 9. The highest BCUT2D eigenvalue weighted by Crippen LogP contribution is 2.32. The van der Waals surface area contributed by atoms with Gasteiger partial charge in [0.1, 0.15) is 5.75 Å². The van der Waals surface area contributed by atoms with Crippen LogP contribution < -0.4 is 10.1 Å². The number of aryl methyl sites for hydroxylation is 1. The van der Waals surface area contributed by atoms with Crippen LogP contribution in [0.4, 0.5) is 0 Å². The number of methoxy groups -OCH3 is 1. The number of hydrogen-bond donors (Lipinski definition) is 1. The van der Waals surface area contributed by atoms with Gasteiger partial charge in [-0.05, 0) is 55.8 Å². The van der Waals surface area contributed by atoms with E-state index in [4.69, 9.17) is 27.9 Å². The molecule has 0 bridgehead atoms. The number of nitrogens with one attached hydrogen (secondary N) is 1. The van der Waals surface area contributed by atoms with E-state index in [9.17, 15) is 0 Å². The van der Waals surface area contributed by atoms with E-state index in [-0.39, 0.29) is 0 Å². The van der Waals surface area contributed by atoms with Crippen LogP contribution in [0.15, 0.2) is 12.1 Å². The molecule has 0 fully saturated rings. The lowest BCUT2D eigenvalue weighted by atomic mass is 9.98. The highest BCUT2D eigenvalue weighted by atomic mass is 35.5. The third-order valence-electron chi connectivity index (χ3n) is 3.59. The van der Waals surface area contributed by atoms with E-state index in [1.165, 1.54) is 6.42 Å². The second kappa shape index (κ2) is 9.55. The first-order chi connectivity index (χ1) is 9.93. The third kappa shape index (κ3) is 6.90. The van der Waals surface area contributed by atoms with Crippen molar-refractivity contribution in [1.82, 2.24) is 5.32 Å². The molecular weight excluding hydrogens is 305 g/mol. The van der Waals surface area contributed by atoms with Gasteiger partial charge in [0.2, 0.25) is 0 Å². The van der Waals surface area contributed by atoms with Crippen molar-refractivity contribution in [3.63, 3.8) is 0 Å². The molecule has 0 radical (unpaired) electrons. The molecule has 21 heavy (non-hydrogen) atoms. The van der Waals surface area contributed by atoms with E-state index in [2.05, 4.69) is 26.1 Å². The van der Waals surface area contributed by atoms with E-state index in [1.54, 1.807) is 13.2 Å². The molecule has 2 nitrogen and oxygen atoms in total. The van der Waals surface area contributed by atoms with E-state index in [0.717, 1.165) is 36.5 Å². The molecule has 0 heterocycles. The van der Waals surface area contributed by atoms with Gasteiger partial charge in [0.15, 0.2) is 0 Å². The second-order valence-electron chi connectivity index (χ2n) is 6.11. The average Bonchev–Trinajstić information content (AvgIpc) is 2.43. The standard InChI is InChI=1S/C17H27Cl2NO/c1-12(2)11-20-8-7-13(3)5-6-14-9-16(19)17(21-4)10-15(14)18/h9-10,12-13,20H,5-8,11H2,1-4H3. The summed E-state index contributed by atoms with van der Waals surface area (Å²) in [6, 6.07) is 3.72. The Morgan fingerprint density at radius 3 is 2.43 bits per heavy atom. The van der Waals surface area contributed by atoms with Gasteiger partial charge in [-0.25, -0.2) is 0 Å². The van der Waals surface area contributed by atoms with Crippen LogP contribution in [0.5, 0.6) is 5.75 Å². The zero-order valence-electron chi connectivity index (χ0n) is 13.5. The molecule has 1 N–H and O–H groups in total. The molecule has 0 aromatic heterocycles. The van der Waals surface area contributed by atoms with E-state index in [0.29, 0.717) is 22.6 Å². The lowest BCUT2D eigenvalue weighted by molar-refractivity contribution is 0.414. The molecule has 0 saturated carbocycles. The molecule has 1 aromatic rings. The molecule has 0 saturated heterocycles. The Morgan fingerprint density at radius 2 is 1.81 bits per heavy atom. The largest absolute Gasteiger partial charge is 0.495 e. The summed E-state index contributed by atoms with van der Waals surface area (Å²) < 4.78 is 5.17. The van der Waals surface area contributed by atoms with Crippen LogP contribution in [-0.4, -0.2) is 20.2 Å². The summed E-state index contributed by atoms with van der Waals surface area (Å²) in [5.41, 5.74) is 1.10. The summed E-state index contributed by atoms with van der Waals surface area (Å²) in [5, 5.41) is 4.85. The van der Waals surface area contributed by atoms with Crippen molar-refractivity contribution in [1.29, 1.82) is 0 Å².